The van der Waals surface area contributed by atoms with Crippen molar-refractivity contribution in [2.24, 2.45) is 7.05 Å². The molecule has 0 N–H and O–H groups in total. The fraction of sp³-hybridized carbons (Fsp3) is 0.462. The van der Waals surface area contributed by atoms with Crippen LogP contribution in [0.5, 0.6) is 0 Å². The van der Waals surface area contributed by atoms with Crippen LogP contribution < -0.4 is 0 Å². The van der Waals surface area contributed by atoms with E-state index in [1.165, 1.54) is 10.6 Å². The molecule has 0 aliphatic rings. The summed E-state index contributed by atoms with van der Waals surface area (Å²) in [6.45, 7) is 3.31. The highest BCUT2D eigenvalue weighted by Crippen LogP contribution is 2.23. The molecule has 3 nitrogen and oxygen atoms in total. The van der Waals surface area contributed by atoms with E-state index >= 15 is 0 Å². The molecule has 0 amide bonds. The highest BCUT2D eigenvalue weighted by molar-refractivity contribution is 7.10. The Hall–Kier alpha value is -1.13. The molecule has 4 heteroatoms. The monoisotopic (exact) mass is 249 g/mol. The Bertz CT molecular complexity index is 447. The van der Waals surface area contributed by atoms with Crippen LogP contribution >= 0.6 is 11.3 Å². The Morgan fingerprint density at radius 1 is 1.53 bits per heavy atom. The van der Waals surface area contributed by atoms with E-state index in [-0.39, 0.29) is 0 Å². The zero-order valence-corrected chi connectivity index (χ0v) is 11.4. The van der Waals surface area contributed by atoms with Gasteiger partial charge in [-0.15, -0.1) is 11.3 Å². The first-order valence-corrected chi connectivity index (χ1v) is 6.75. The van der Waals surface area contributed by atoms with Crippen LogP contribution in [0.3, 0.4) is 0 Å². The summed E-state index contributed by atoms with van der Waals surface area (Å²) in [6.07, 6.45) is 4.85. The molecule has 0 saturated carbocycles. The van der Waals surface area contributed by atoms with Crippen molar-refractivity contribution in [3.05, 3.63) is 40.6 Å². The smallest absolute Gasteiger partial charge is 0.0945 e. The Kier molecular flexibility index (Phi) is 3.97. The zero-order chi connectivity index (χ0) is 12.3. The van der Waals surface area contributed by atoms with Gasteiger partial charge in [0, 0.05) is 42.8 Å². The summed E-state index contributed by atoms with van der Waals surface area (Å²) < 4.78 is 2.09. The first kappa shape index (κ1) is 12.3. The van der Waals surface area contributed by atoms with Crippen molar-refractivity contribution >= 4 is 11.3 Å². The second kappa shape index (κ2) is 5.47. The van der Waals surface area contributed by atoms with E-state index in [0.29, 0.717) is 6.04 Å². The summed E-state index contributed by atoms with van der Waals surface area (Å²) in [4.78, 5) is 7.96. The Balaban J connectivity index is 1.89. The van der Waals surface area contributed by atoms with Gasteiger partial charge >= 0.3 is 0 Å². The lowest BCUT2D eigenvalue weighted by Crippen LogP contribution is -2.24. The number of rotatable bonds is 5. The number of nitrogens with zero attached hydrogens (tertiary/aromatic N) is 3. The van der Waals surface area contributed by atoms with E-state index in [2.05, 4.69) is 45.9 Å². The molecular weight excluding hydrogens is 230 g/mol. The van der Waals surface area contributed by atoms with Gasteiger partial charge in [0.15, 0.2) is 0 Å². The predicted octanol–water partition coefficient (Wildman–Crippen LogP) is 2.72. The van der Waals surface area contributed by atoms with Crippen LogP contribution in [0.4, 0.5) is 0 Å². The summed E-state index contributed by atoms with van der Waals surface area (Å²) >= 11 is 1.83. The van der Waals surface area contributed by atoms with Gasteiger partial charge in [-0.25, -0.2) is 4.98 Å². The maximum Gasteiger partial charge on any atom is 0.0945 e. The lowest BCUT2D eigenvalue weighted by molar-refractivity contribution is 0.267. The Morgan fingerprint density at radius 2 is 2.35 bits per heavy atom. The number of aromatic nitrogens is 2. The molecule has 0 aromatic carbocycles. The molecule has 0 radical (unpaired) electrons. The largest absolute Gasteiger partial charge is 0.338 e. The Morgan fingerprint density at radius 3 is 2.94 bits per heavy atom. The molecule has 0 saturated heterocycles. The van der Waals surface area contributed by atoms with Gasteiger partial charge in [0.25, 0.3) is 0 Å². The fourth-order valence-corrected chi connectivity index (χ4v) is 2.70. The molecule has 17 heavy (non-hydrogen) atoms. The lowest BCUT2D eigenvalue weighted by Gasteiger charge is -2.23. The zero-order valence-electron chi connectivity index (χ0n) is 10.6. The average molecular weight is 249 g/mol. The van der Waals surface area contributed by atoms with Gasteiger partial charge in [0.1, 0.15) is 0 Å². The normalized spacial score (nSPS) is 13.2. The van der Waals surface area contributed by atoms with E-state index in [1.807, 2.05) is 30.9 Å². The second-order valence-corrected chi connectivity index (χ2v) is 5.40. The molecule has 0 fully saturated rings. The van der Waals surface area contributed by atoms with E-state index in [9.17, 15) is 0 Å². The van der Waals surface area contributed by atoms with E-state index in [1.54, 1.807) is 0 Å². The van der Waals surface area contributed by atoms with Crippen LogP contribution in [0, 0.1) is 0 Å². The molecular formula is C13H19N3S. The molecule has 2 heterocycles. The van der Waals surface area contributed by atoms with Gasteiger partial charge in [0.2, 0.25) is 0 Å². The lowest BCUT2D eigenvalue weighted by atomic mass is 10.2. The number of hydrogen-bond acceptors (Lipinski definition) is 3. The number of aryl methyl sites for hydroxylation is 1. The van der Waals surface area contributed by atoms with Crippen LogP contribution in [0.1, 0.15) is 23.5 Å². The third-order valence-electron chi connectivity index (χ3n) is 3.25. The quantitative estimate of drug-likeness (QED) is 0.812. The third kappa shape index (κ3) is 2.96. The predicted molar refractivity (Wildman–Crippen MR) is 72.3 cm³/mol. The summed E-state index contributed by atoms with van der Waals surface area (Å²) in [5, 5.41) is 2.14. The second-order valence-electron chi connectivity index (χ2n) is 4.42. The minimum absolute atomic E-state index is 0.489. The Labute approximate surface area is 107 Å². The number of imidazole rings is 1. The van der Waals surface area contributed by atoms with Gasteiger partial charge in [-0.2, -0.15) is 0 Å². The molecule has 1 atom stereocenters. The highest BCUT2D eigenvalue weighted by atomic mass is 32.1. The third-order valence-corrected chi connectivity index (χ3v) is 4.30. The topological polar surface area (TPSA) is 21.1 Å². The molecule has 0 spiro atoms. The molecule has 92 valence electrons. The number of hydrogen-bond donors (Lipinski definition) is 0. The summed E-state index contributed by atoms with van der Waals surface area (Å²) in [6, 6.07) is 4.81. The summed E-state index contributed by atoms with van der Waals surface area (Å²) in [7, 11) is 4.23. The van der Waals surface area contributed by atoms with Crippen LogP contribution in [-0.4, -0.2) is 28.0 Å². The van der Waals surface area contributed by atoms with Crippen molar-refractivity contribution in [2.75, 3.05) is 13.6 Å². The molecule has 0 bridgehead atoms. The van der Waals surface area contributed by atoms with E-state index in [4.69, 9.17) is 0 Å². The summed E-state index contributed by atoms with van der Waals surface area (Å²) in [5.41, 5.74) is 1.29. The maximum absolute atomic E-state index is 4.14. The van der Waals surface area contributed by atoms with Gasteiger partial charge in [-0.3, -0.25) is 4.90 Å². The molecule has 0 unspecified atom stereocenters. The van der Waals surface area contributed by atoms with Gasteiger partial charge in [-0.05, 0) is 25.4 Å². The van der Waals surface area contributed by atoms with E-state index in [0.717, 1.165) is 13.0 Å². The van der Waals surface area contributed by atoms with Crippen LogP contribution in [0.15, 0.2) is 30.0 Å². The minimum Gasteiger partial charge on any atom is -0.338 e. The van der Waals surface area contributed by atoms with Crippen molar-refractivity contribution in [1.29, 1.82) is 0 Å². The van der Waals surface area contributed by atoms with Crippen molar-refractivity contribution in [3.8, 4) is 0 Å². The number of likely N-dealkylation sites (N-methyl/N-ethyl adjacent to an activating group) is 1. The van der Waals surface area contributed by atoms with Crippen LogP contribution in [-0.2, 0) is 13.5 Å². The molecule has 2 rings (SSSR count). The maximum atomic E-state index is 4.14. The fourth-order valence-electron chi connectivity index (χ4n) is 1.86. The van der Waals surface area contributed by atoms with Gasteiger partial charge in [-0.1, -0.05) is 6.07 Å². The first-order valence-electron chi connectivity index (χ1n) is 5.87. The average Bonchev–Trinajstić information content (AvgIpc) is 2.96. The molecule has 2 aromatic heterocycles. The van der Waals surface area contributed by atoms with Crippen molar-refractivity contribution in [1.82, 2.24) is 14.5 Å². The van der Waals surface area contributed by atoms with Crippen molar-refractivity contribution in [3.63, 3.8) is 0 Å². The molecule has 0 aliphatic heterocycles. The summed E-state index contributed by atoms with van der Waals surface area (Å²) in [5.74, 6) is 0. The van der Waals surface area contributed by atoms with Crippen molar-refractivity contribution in [2.45, 2.75) is 19.4 Å². The SMILES string of the molecule is C[C@@H](c1cccs1)N(C)CCc1cncn1C. The minimum atomic E-state index is 0.489. The van der Waals surface area contributed by atoms with Crippen LogP contribution in [0.25, 0.3) is 0 Å². The van der Waals surface area contributed by atoms with Crippen molar-refractivity contribution < 1.29 is 0 Å². The van der Waals surface area contributed by atoms with Crippen LogP contribution in [0.2, 0.25) is 0 Å². The highest BCUT2D eigenvalue weighted by Gasteiger charge is 2.12. The molecule has 0 aliphatic carbocycles. The van der Waals surface area contributed by atoms with Gasteiger partial charge < -0.3 is 4.57 Å². The first-order chi connectivity index (χ1) is 8.18. The standard InChI is InChI=1S/C13H19N3S/c1-11(13-5-4-8-17-13)15(2)7-6-12-9-14-10-16(12)3/h4-5,8-11H,6-7H2,1-3H3/t11-/m0/s1. The van der Waals surface area contributed by atoms with E-state index < -0.39 is 0 Å². The molecule has 2 aromatic rings. The van der Waals surface area contributed by atoms with Gasteiger partial charge in [0.05, 0.1) is 6.33 Å². The number of thiophene rings is 1.